The second-order valence-corrected chi connectivity index (χ2v) is 9.69. The van der Waals surface area contributed by atoms with Crippen molar-refractivity contribution in [3.8, 4) is 0 Å². The van der Waals surface area contributed by atoms with Crippen molar-refractivity contribution in [2.24, 2.45) is 11.8 Å². The van der Waals surface area contributed by atoms with E-state index in [0.29, 0.717) is 17.9 Å². The molecule has 0 N–H and O–H groups in total. The Hall–Kier alpha value is -2.09. The van der Waals surface area contributed by atoms with Crippen LogP contribution in [0, 0.1) is 18.8 Å². The quantitative estimate of drug-likeness (QED) is 0.729. The topological polar surface area (TPSA) is 53.8 Å². The predicted molar refractivity (Wildman–Crippen MR) is 121 cm³/mol. The lowest BCUT2D eigenvalue weighted by atomic mass is 10.0. The molecule has 3 aliphatic heterocycles. The summed E-state index contributed by atoms with van der Waals surface area (Å²) >= 11 is 6.36. The number of halogens is 1. The first-order valence-corrected chi connectivity index (χ1v) is 11.5. The van der Waals surface area contributed by atoms with Crippen molar-refractivity contribution in [1.82, 2.24) is 19.6 Å². The fourth-order valence-electron chi connectivity index (χ4n) is 5.30. The van der Waals surface area contributed by atoms with Crippen molar-refractivity contribution in [2.75, 3.05) is 50.8 Å². The fraction of sp³-hybridized carbons (Fsp3) is 0.565. The monoisotopic (exact) mass is 443 g/mol. The molecule has 3 aliphatic rings. The number of likely N-dealkylation sites (tertiary alicyclic amines) is 2. The highest BCUT2D eigenvalue weighted by molar-refractivity contribution is 6.30. The number of benzene rings is 1. The molecule has 0 bridgehead atoms. The minimum Gasteiger partial charge on any atom is -0.377 e. The van der Waals surface area contributed by atoms with Gasteiger partial charge in [-0.2, -0.15) is 9.78 Å². The van der Waals surface area contributed by atoms with E-state index in [1.807, 2.05) is 17.9 Å². The Morgan fingerprint density at radius 1 is 1.23 bits per heavy atom. The lowest BCUT2D eigenvalue weighted by Crippen LogP contribution is -2.44. The number of amides is 1. The zero-order valence-corrected chi connectivity index (χ0v) is 19.0. The Bertz CT molecular complexity index is 949. The van der Waals surface area contributed by atoms with E-state index in [-0.39, 0.29) is 6.03 Å². The van der Waals surface area contributed by atoms with Crippen molar-refractivity contribution in [1.29, 1.82) is 0 Å². The maximum Gasteiger partial charge on any atom is 0.344 e. The molecule has 3 atom stereocenters. The number of hydrogen-bond donors (Lipinski definition) is 0. The number of aryl methyl sites for hydroxylation is 1. The van der Waals surface area contributed by atoms with Gasteiger partial charge in [-0.3, -0.25) is 4.90 Å². The average Bonchev–Trinajstić information content (AvgIpc) is 3.44. The molecule has 2 aromatic rings. The van der Waals surface area contributed by atoms with Gasteiger partial charge in [-0.05, 0) is 48.9 Å². The van der Waals surface area contributed by atoms with Gasteiger partial charge in [0.15, 0.2) is 0 Å². The molecule has 5 rings (SSSR count). The number of fused-ring (bicyclic) bond motifs is 1. The Morgan fingerprint density at radius 3 is 2.68 bits per heavy atom. The van der Waals surface area contributed by atoms with Crippen LogP contribution in [0.1, 0.15) is 18.1 Å². The summed E-state index contributed by atoms with van der Waals surface area (Å²) in [5.74, 6) is 1.05. The lowest BCUT2D eigenvalue weighted by Gasteiger charge is -2.37. The van der Waals surface area contributed by atoms with Gasteiger partial charge in [0.25, 0.3) is 0 Å². The zero-order valence-electron chi connectivity index (χ0n) is 18.2. The van der Waals surface area contributed by atoms with E-state index in [4.69, 9.17) is 16.3 Å². The van der Waals surface area contributed by atoms with E-state index >= 15 is 0 Å². The normalized spacial score (nSPS) is 26.5. The maximum absolute atomic E-state index is 12.7. The van der Waals surface area contributed by atoms with Gasteiger partial charge in [-0.25, -0.2) is 4.79 Å². The first-order valence-electron chi connectivity index (χ1n) is 11.1. The summed E-state index contributed by atoms with van der Waals surface area (Å²) in [6, 6.07) is 6.60. The van der Waals surface area contributed by atoms with Crippen LogP contribution in [0.25, 0.3) is 0 Å². The van der Waals surface area contributed by atoms with Gasteiger partial charge in [0.05, 0.1) is 19.4 Å². The van der Waals surface area contributed by atoms with Crippen LogP contribution in [-0.4, -0.2) is 77.6 Å². The molecule has 7 nitrogen and oxygen atoms in total. The van der Waals surface area contributed by atoms with E-state index in [1.54, 1.807) is 12.4 Å². The van der Waals surface area contributed by atoms with Crippen LogP contribution < -0.4 is 4.90 Å². The second kappa shape index (κ2) is 8.45. The number of carbonyl (C=O) groups is 1. The first-order chi connectivity index (χ1) is 15.0. The molecule has 0 saturated carbocycles. The summed E-state index contributed by atoms with van der Waals surface area (Å²) in [7, 11) is 0. The third-order valence-corrected chi connectivity index (χ3v) is 7.09. The van der Waals surface area contributed by atoms with Crippen molar-refractivity contribution >= 4 is 23.3 Å². The van der Waals surface area contributed by atoms with Crippen LogP contribution in [0.4, 0.5) is 10.5 Å². The van der Waals surface area contributed by atoms with Crippen LogP contribution in [-0.2, 0) is 11.3 Å². The largest absolute Gasteiger partial charge is 0.377 e. The van der Waals surface area contributed by atoms with Crippen molar-refractivity contribution < 1.29 is 9.53 Å². The molecule has 0 spiro atoms. The van der Waals surface area contributed by atoms with Gasteiger partial charge >= 0.3 is 6.03 Å². The minimum absolute atomic E-state index is 0.00431. The predicted octanol–water partition coefficient (Wildman–Crippen LogP) is 3.10. The molecular weight excluding hydrogens is 414 g/mol. The fourth-order valence-corrected chi connectivity index (χ4v) is 5.47. The summed E-state index contributed by atoms with van der Waals surface area (Å²) in [5, 5.41) is 4.96. The van der Waals surface area contributed by atoms with E-state index in [2.05, 4.69) is 34.0 Å². The van der Waals surface area contributed by atoms with Crippen LogP contribution in [0.5, 0.6) is 0 Å². The number of nitrogens with zero attached hydrogens (tertiary/aromatic N) is 5. The molecule has 3 fully saturated rings. The highest BCUT2D eigenvalue weighted by Gasteiger charge is 2.42. The van der Waals surface area contributed by atoms with Gasteiger partial charge < -0.3 is 14.5 Å². The summed E-state index contributed by atoms with van der Waals surface area (Å²) in [4.78, 5) is 19.7. The van der Waals surface area contributed by atoms with Crippen molar-refractivity contribution in [2.45, 2.75) is 26.4 Å². The van der Waals surface area contributed by atoms with E-state index in [9.17, 15) is 4.79 Å². The Labute approximate surface area is 188 Å². The highest BCUT2D eigenvalue weighted by atomic mass is 35.5. The van der Waals surface area contributed by atoms with Crippen molar-refractivity contribution in [3.63, 3.8) is 0 Å². The van der Waals surface area contributed by atoms with Gasteiger partial charge in [0.2, 0.25) is 0 Å². The Morgan fingerprint density at radius 2 is 2.00 bits per heavy atom. The third kappa shape index (κ3) is 4.19. The van der Waals surface area contributed by atoms with Crippen molar-refractivity contribution in [3.05, 3.63) is 46.7 Å². The molecule has 166 valence electrons. The molecule has 8 heteroatoms. The zero-order chi connectivity index (χ0) is 21.5. The van der Waals surface area contributed by atoms with E-state index in [0.717, 1.165) is 63.1 Å². The molecule has 1 aromatic heterocycles. The number of rotatable bonds is 3. The average molecular weight is 444 g/mol. The summed E-state index contributed by atoms with van der Waals surface area (Å²) < 4.78 is 7.10. The molecule has 1 amide bonds. The number of carbonyl (C=O) groups excluding carboxylic acids is 1. The number of ether oxygens (including phenoxy) is 1. The molecule has 0 aliphatic carbocycles. The molecule has 3 unspecified atom stereocenters. The number of morpholine rings is 1. The molecule has 3 saturated heterocycles. The molecule has 1 aromatic carbocycles. The Balaban J connectivity index is 1.24. The Kier molecular flexibility index (Phi) is 5.67. The molecule has 31 heavy (non-hydrogen) atoms. The van der Waals surface area contributed by atoms with Crippen LogP contribution in [0.2, 0.25) is 5.02 Å². The number of hydrogen-bond acceptors (Lipinski definition) is 5. The van der Waals surface area contributed by atoms with Gasteiger partial charge in [-0.15, -0.1) is 0 Å². The highest BCUT2D eigenvalue weighted by Crippen LogP contribution is 2.34. The number of anilines is 1. The molecular formula is C23H30ClN5O2. The summed E-state index contributed by atoms with van der Waals surface area (Å²) in [6.07, 6.45) is 3.53. The minimum atomic E-state index is -0.00431. The van der Waals surface area contributed by atoms with E-state index in [1.165, 1.54) is 15.9 Å². The summed E-state index contributed by atoms with van der Waals surface area (Å²) in [5.41, 5.74) is 3.55. The summed E-state index contributed by atoms with van der Waals surface area (Å²) in [6.45, 7) is 11.1. The molecule has 4 heterocycles. The van der Waals surface area contributed by atoms with Crippen LogP contribution >= 0.6 is 11.6 Å². The van der Waals surface area contributed by atoms with Crippen LogP contribution in [0.3, 0.4) is 0 Å². The number of aromatic nitrogens is 2. The third-order valence-electron chi connectivity index (χ3n) is 6.86. The molecule has 0 radical (unpaired) electrons. The standard InChI is InChI=1S/C23H30ClN5O2/c1-16-8-25-29(9-16)23(30)27-13-19-11-26(12-20(19)14-27)10-18-3-4-21(24)7-22(18)28-5-6-31-15-17(28)2/h3-4,7-9,17,19-20H,5-6,10-15H2,1-2H3. The lowest BCUT2D eigenvalue weighted by molar-refractivity contribution is 0.0988. The second-order valence-electron chi connectivity index (χ2n) is 9.25. The SMILES string of the molecule is Cc1cnn(C(=O)N2CC3CN(Cc4ccc(Cl)cc4N4CCOCC4C)CC3C2)c1. The smallest absolute Gasteiger partial charge is 0.344 e. The van der Waals surface area contributed by atoms with E-state index < -0.39 is 0 Å². The van der Waals surface area contributed by atoms with Gasteiger partial charge in [-0.1, -0.05) is 17.7 Å². The van der Waals surface area contributed by atoms with Gasteiger partial charge in [0.1, 0.15) is 0 Å². The first kappa shape index (κ1) is 20.8. The van der Waals surface area contributed by atoms with Crippen LogP contribution in [0.15, 0.2) is 30.6 Å². The maximum atomic E-state index is 12.7. The van der Waals surface area contributed by atoms with Gasteiger partial charge in [0, 0.05) is 62.2 Å².